The van der Waals surface area contributed by atoms with Gasteiger partial charge in [0.15, 0.2) is 0 Å². The lowest BCUT2D eigenvalue weighted by Gasteiger charge is -2.14. The molecule has 2 rings (SSSR count). The van der Waals surface area contributed by atoms with E-state index in [-0.39, 0.29) is 0 Å². The maximum absolute atomic E-state index is 5.90. The number of aromatic nitrogens is 3. The quantitative estimate of drug-likeness (QED) is 0.775. The summed E-state index contributed by atoms with van der Waals surface area (Å²) in [6, 6.07) is 0.800. The second kappa shape index (κ2) is 3.69. The molecule has 1 aliphatic rings. The van der Waals surface area contributed by atoms with Crippen molar-refractivity contribution in [2.75, 3.05) is 0 Å². The van der Waals surface area contributed by atoms with Gasteiger partial charge in [0, 0.05) is 18.0 Å². The minimum absolute atomic E-state index is 0.359. The lowest BCUT2D eigenvalue weighted by Crippen LogP contribution is -2.15. The van der Waals surface area contributed by atoms with Gasteiger partial charge in [0.25, 0.3) is 0 Å². The van der Waals surface area contributed by atoms with Gasteiger partial charge in [0.05, 0.1) is 0 Å². The van der Waals surface area contributed by atoms with E-state index in [4.69, 9.17) is 5.73 Å². The Bertz CT molecular complexity index is 305. The van der Waals surface area contributed by atoms with Gasteiger partial charge in [-0.2, -0.15) is 0 Å². The van der Waals surface area contributed by atoms with Crippen LogP contribution in [0, 0.1) is 0 Å². The van der Waals surface area contributed by atoms with Gasteiger partial charge < -0.3 is 10.3 Å². The molecular formula is C10H18N4. The Morgan fingerprint density at radius 1 is 1.50 bits per heavy atom. The average Bonchev–Trinajstić information content (AvgIpc) is 2.70. The van der Waals surface area contributed by atoms with Gasteiger partial charge in [-0.15, -0.1) is 10.2 Å². The van der Waals surface area contributed by atoms with Crippen LogP contribution in [-0.4, -0.2) is 20.8 Å². The molecule has 0 spiro atoms. The Kier molecular flexibility index (Phi) is 2.54. The first-order valence-electron chi connectivity index (χ1n) is 5.33. The number of hydrogen-bond donors (Lipinski definition) is 1. The summed E-state index contributed by atoms with van der Waals surface area (Å²) >= 11 is 0. The monoisotopic (exact) mass is 194 g/mol. The van der Waals surface area contributed by atoms with Crippen molar-refractivity contribution in [3.05, 3.63) is 12.2 Å². The number of hydrogen-bond acceptors (Lipinski definition) is 3. The molecule has 0 aliphatic heterocycles. The summed E-state index contributed by atoms with van der Waals surface area (Å²) in [7, 11) is 0. The Morgan fingerprint density at radius 2 is 2.29 bits per heavy atom. The zero-order valence-corrected chi connectivity index (χ0v) is 8.85. The predicted octanol–water partition coefficient (Wildman–Crippen LogP) is 1.45. The third-order valence-electron chi connectivity index (χ3n) is 3.00. The molecule has 0 unspecified atom stereocenters. The SMILES string of the molecule is CC(C)n1cnnc1[C@@H]1CC[C@H](N)C1. The lowest BCUT2D eigenvalue weighted by molar-refractivity contribution is 0.525. The van der Waals surface area contributed by atoms with Crippen molar-refractivity contribution in [2.24, 2.45) is 5.73 Å². The molecule has 2 atom stereocenters. The molecule has 4 heteroatoms. The molecule has 4 nitrogen and oxygen atoms in total. The van der Waals surface area contributed by atoms with E-state index in [1.165, 1.54) is 0 Å². The first-order chi connectivity index (χ1) is 6.68. The van der Waals surface area contributed by atoms with Crippen LogP contribution in [-0.2, 0) is 0 Å². The van der Waals surface area contributed by atoms with Gasteiger partial charge in [-0.25, -0.2) is 0 Å². The van der Waals surface area contributed by atoms with Gasteiger partial charge in [-0.3, -0.25) is 0 Å². The summed E-state index contributed by atoms with van der Waals surface area (Å²) in [5.41, 5.74) is 5.90. The van der Waals surface area contributed by atoms with E-state index >= 15 is 0 Å². The molecule has 2 N–H and O–H groups in total. The van der Waals surface area contributed by atoms with Crippen LogP contribution in [0.3, 0.4) is 0 Å². The molecule has 78 valence electrons. The smallest absolute Gasteiger partial charge is 0.136 e. The van der Waals surface area contributed by atoms with E-state index in [1.54, 1.807) is 0 Å². The summed E-state index contributed by atoms with van der Waals surface area (Å²) < 4.78 is 2.16. The summed E-state index contributed by atoms with van der Waals surface area (Å²) in [6.07, 6.45) is 5.16. The molecule has 1 saturated carbocycles. The van der Waals surface area contributed by atoms with Gasteiger partial charge in [0.1, 0.15) is 12.2 Å². The Morgan fingerprint density at radius 3 is 2.86 bits per heavy atom. The standard InChI is InChI=1S/C10H18N4/c1-7(2)14-6-12-13-10(14)8-3-4-9(11)5-8/h6-9H,3-5,11H2,1-2H3/t8-,9+/m1/s1. The second-order valence-corrected chi connectivity index (χ2v) is 4.46. The topological polar surface area (TPSA) is 56.7 Å². The van der Waals surface area contributed by atoms with Gasteiger partial charge in [-0.05, 0) is 33.1 Å². The molecular weight excluding hydrogens is 176 g/mol. The Balaban J connectivity index is 2.19. The molecule has 1 heterocycles. The van der Waals surface area contributed by atoms with E-state index in [9.17, 15) is 0 Å². The summed E-state index contributed by atoms with van der Waals surface area (Å²) in [5, 5.41) is 8.20. The van der Waals surface area contributed by atoms with Gasteiger partial charge in [-0.1, -0.05) is 0 Å². The summed E-state index contributed by atoms with van der Waals surface area (Å²) in [4.78, 5) is 0. The maximum Gasteiger partial charge on any atom is 0.136 e. The van der Waals surface area contributed by atoms with Crippen LogP contribution in [0.25, 0.3) is 0 Å². The van der Waals surface area contributed by atoms with Crippen molar-refractivity contribution in [3.8, 4) is 0 Å². The van der Waals surface area contributed by atoms with Gasteiger partial charge >= 0.3 is 0 Å². The fourth-order valence-corrected chi connectivity index (χ4v) is 2.19. The first-order valence-corrected chi connectivity index (χ1v) is 5.33. The second-order valence-electron chi connectivity index (χ2n) is 4.46. The van der Waals surface area contributed by atoms with Crippen molar-refractivity contribution in [3.63, 3.8) is 0 Å². The third kappa shape index (κ3) is 1.66. The molecule has 0 bridgehead atoms. The summed E-state index contributed by atoms with van der Waals surface area (Å²) in [6.45, 7) is 4.31. The molecule has 0 saturated heterocycles. The number of nitrogens with zero attached hydrogens (tertiary/aromatic N) is 3. The molecule has 1 fully saturated rings. The predicted molar refractivity (Wildman–Crippen MR) is 55.0 cm³/mol. The minimum atomic E-state index is 0.359. The van der Waals surface area contributed by atoms with Crippen molar-refractivity contribution in [1.29, 1.82) is 0 Å². The molecule has 14 heavy (non-hydrogen) atoms. The molecule has 1 aliphatic carbocycles. The van der Waals surface area contributed by atoms with E-state index in [0.717, 1.165) is 25.1 Å². The maximum atomic E-state index is 5.90. The van der Waals surface area contributed by atoms with Crippen LogP contribution in [0.1, 0.15) is 50.9 Å². The lowest BCUT2D eigenvalue weighted by atomic mass is 10.1. The highest BCUT2D eigenvalue weighted by atomic mass is 15.3. The highest BCUT2D eigenvalue weighted by molar-refractivity contribution is 5.02. The van der Waals surface area contributed by atoms with E-state index in [0.29, 0.717) is 18.0 Å². The van der Waals surface area contributed by atoms with Crippen LogP contribution in [0.4, 0.5) is 0 Å². The molecule has 1 aromatic rings. The Hall–Kier alpha value is -0.900. The van der Waals surface area contributed by atoms with E-state index < -0.39 is 0 Å². The molecule has 0 aromatic carbocycles. The zero-order valence-electron chi connectivity index (χ0n) is 8.85. The van der Waals surface area contributed by atoms with Crippen LogP contribution >= 0.6 is 0 Å². The normalized spacial score (nSPS) is 27.4. The van der Waals surface area contributed by atoms with Crippen molar-refractivity contribution >= 4 is 0 Å². The van der Waals surface area contributed by atoms with Crippen molar-refractivity contribution in [1.82, 2.24) is 14.8 Å². The van der Waals surface area contributed by atoms with Crippen LogP contribution in [0.15, 0.2) is 6.33 Å². The highest BCUT2D eigenvalue weighted by Gasteiger charge is 2.27. The van der Waals surface area contributed by atoms with E-state index in [1.807, 2.05) is 6.33 Å². The zero-order chi connectivity index (χ0) is 10.1. The third-order valence-corrected chi connectivity index (χ3v) is 3.00. The van der Waals surface area contributed by atoms with Crippen LogP contribution in [0.2, 0.25) is 0 Å². The van der Waals surface area contributed by atoms with Crippen molar-refractivity contribution in [2.45, 2.75) is 51.1 Å². The largest absolute Gasteiger partial charge is 0.328 e. The highest BCUT2D eigenvalue weighted by Crippen LogP contribution is 2.33. The minimum Gasteiger partial charge on any atom is -0.328 e. The number of nitrogens with two attached hydrogens (primary N) is 1. The van der Waals surface area contributed by atoms with Crippen LogP contribution < -0.4 is 5.73 Å². The van der Waals surface area contributed by atoms with Crippen LogP contribution in [0.5, 0.6) is 0 Å². The van der Waals surface area contributed by atoms with Crippen molar-refractivity contribution < 1.29 is 0 Å². The molecule has 1 aromatic heterocycles. The Labute approximate surface area is 84.5 Å². The summed E-state index contributed by atoms with van der Waals surface area (Å²) in [5.74, 6) is 1.64. The number of rotatable bonds is 2. The molecule has 0 amide bonds. The fraction of sp³-hybridized carbons (Fsp3) is 0.800. The first kappa shape index (κ1) is 9.65. The fourth-order valence-electron chi connectivity index (χ4n) is 2.19. The van der Waals surface area contributed by atoms with Gasteiger partial charge in [0.2, 0.25) is 0 Å². The van der Waals surface area contributed by atoms with E-state index in [2.05, 4.69) is 28.6 Å². The molecule has 0 radical (unpaired) electrons. The average molecular weight is 194 g/mol.